The first-order valence-corrected chi connectivity index (χ1v) is 6.19. The molecule has 0 bridgehead atoms. The summed E-state index contributed by atoms with van der Waals surface area (Å²) in [4.78, 5) is 24.6. The summed E-state index contributed by atoms with van der Waals surface area (Å²) in [7, 11) is 0. The number of halogens is 3. The summed E-state index contributed by atoms with van der Waals surface area (Å²) in [6, 6.07) is 0.330. The van der Waals surface area contributed by atoms with Gasteiger partial charge >= 0.3 is 0 Å². The highest BCUT2D eigenvalue weighted by atomic mass is 19.2. The second-order valence-corrected chi connectivity index (χ2v) is 4.49. The molecule has 0 aromatic heterocycles. The fourth-order valence-corrected chi connectivity index (χ4v) is 2.09. The van der Waals surface area contributed by atoms with Crippen molar-refractivity contribution in [3.05, 3.63) is 29.6 Å². The van der Waals surface area contributed by atoms with Gasteiger partial charge in [-0.15, -0.1) is 0 Å². The third kappa shape index (κ3) is 2.61. The fourth-order valence-electron chi connectivity index (χ4n) is 2.09. The standard InChI is InChI=1S/C13H13F3N2O2/c1-2-9-13(20)18(4-3-11(19)17-9)10-6-7(14)5-8(15)12(10)16/h5-6,9H,2-4H2,1H3,(H,17,19). The Bertz CT molecular complexity index is 563. The molecule has 1 aromatic carbocycles. The van der Waals surface area contributed by atoms with Crippen LogP contribution < -0.4 is 10.2 Å². The van der Waals surface area contributed by atoms with Crippen LogP contribution in [-0.2, 0) is 9.59 Å². The minimum atomic E-state index is -1.37. The molecule has 1 aromatic rings. The maximum Gasteiger partial charge on any atom is 0.249 e. The van der Waals surface area contributed by atoms with E-state index in [1.807, 2.05) is 0 Å². The second kappa shape index (κ2) is 5.52. The van der Waals surface area contributed by atoms with Crippen molar-refractivity contribution in [3.8, 4) is 0 Å². The summed E-state index contributed by atoms with van der Waals surface area (Å²) in [6.07, 6.45) is 0.250. The molecule has 1 fully saturated rings. The van der Waals surface area contributed by atoms with E-state index >= 15 is 0 Å². The number of carbonyl (C=O) groups is 2. The number of nitrogens with zero attached hydrogens (tertiary/aromatic N) is 1. The van der Waals surface area contributed by atoms with Gasteiger partial charge in [-0.25, -0.2) is 13.2 Å². The lowest BCUT2D eigenvalue weighted by Gasteiger charge is -2.24. The number of rotatable bonds is 2. The van der Waals surface area contributed by atoms with Crippen LogP contribution in [-0.4, -0.2) is 24.4 Å². The molecule has 0 aliphatic carbocycles. The summed E-state index contributed by atoms with van der Waals surface area (Å²) < 4.78 is 40.2. The van der Waals surface area contributed by atoms with E-state index in [9.17, 15) is 22.8 Å². The van der Waals surface area contributed by atoms with Crippen LogP contribution in [0.1, 0.15) is 19.8 Å². The molecule has 2 amide bonds. The normalized spacial score (nSPS) is 19.8. The van der Waals surface area contributed by atoms with Crippen LogP contribution in [0.2, 0.25) is 0 Å². The largest absolute Gasteiger partial charge is 0.344 e. The Kier molecular flexibility index (Phi) is 3.96. The van der Waals surface area contributed by atoms with Crippen LogP contribution in [0.4, 0.5) is 18.9 Å². The molecule has 1 N–H and O–H groups in total. The molecule has 1 aliphatic rings. The first kappa shape index (κ1) is 14.4. The topological polar surface area (TPSA) is 49.4 Å². The third-order valence-electron chi connectivity index (χ3n) is 3.13. The van der Waals surface area contributed by atoms with Gasteiger partial charge in [-0.2, -0.15) is 0 Å². The average Bonchev–Trinajstić information content (AvgIpc) is 2.54. The first-order chi connectivity index (χ1) is 9.43. The maximum atomic E-state index is 13.8. The van der Waals surface area contributed by atoms with Crippen molar-refractivity contribution in [2.24, 2.45) is 0 Å². The molecule has 0 saturated carbocycles. The van der Waals surface area contributed by atoms with E-state index in [0.717, 1.165) is 11.0 Å². The van der Waals surface area contributed by atoms with Crippen molar-refractivity contribution in [3.63, 3.8) is 0 Å². The molecule has 4 nitrogen and oxygen atoms in total. The van der Waals surface area contributed by atoms with E-state index < -0.39 is 35.1 Å². The van der Waals surface area contributed by atoms with Crippen molar-refractivity contribution >= 4 is 17.5 Å². The van der Waals surface area contributed by atoms with E-state index in [4.69, 9.17) is 0 Å². The Balaban J connectivity index is 2.45. The van der Waals surface area contributed by atoms with Crippen molar-refractivity contribution in [2.45, 2.75) is 25.8 Å². The van der Waals surface area contributed by atoms with Crippen molar-refractivity contribution in [1.29, 1.82) is 0 Å². The molecular formula is C13H13F3N2O2. The summed E-state index contributed by atoms with van der Waals surface area (Å²) in [5.74, 6) is -4.59. The van der Waals surface area contributed by atoms with E-state index in [0.29, 0.717) is 12.5 Å². The number of benzene rings is 1. The van der Waals surface area contributed by atoms with Crippen LogP contribution in [0.25, 0.3) is 0 Å². The molecule has 1 heterocycles. The zero-order valence-corrected chi connectivity index (χ0v) is 10.8. The first-order valence-electron chi connectivity index (χ1n) is 6.19. The summed E-state index contributed by atoms with van der Waals surface area (Å²) in [6.45, 7) is 1.55. The smallest absolute Gasteiger partial charge is 0.249 e. The predicted octanol–water partition coefficient (Wildman–Crippen LogP) is 1.74. The predicted molar refractivity (Wildman–Crippen MR) is 65.5 cm³/mol. The zero-order chi connectivity index (χ0) is 14.9. The van der Waals surface area contributed by atoms with Gasteiger partial charge in [0.05, 0.1) is 5.69 Å². The van der Waals surface area contributed by atoms with Gasteiger partial charge in [-0.3, -0.25) is 9.59 Å². The Morgan fingerprint density at radius 1 is 1.30 bits per heavy atom. The van der Waals surface area contributed by atoms with E-state index in [2.05, 4.69) is 5.32 Å². The maximum absolute atomic E-state index is 13.8. The summed E-state index contributed by atoms with van der Waals surface area (Å²) in [5, 5.41) is 2.49. The third-order valence-corrected chi connectivity index (χ3v) is 3.13. The van der Waals surface area contributed by atoms with Crippen LogP contribution in [0.3, 0.4) is 0 Å². The number of carbonyl (C=O) groups excluding carboxylic acids is 2. The Morgan fingerprint density at radius 2 is 2.00 bits per heavy atom. The lowest BCUT2D eigenvalue weighted by molar-refractivity contribution is -0.125. The average molecular weight is 286 g/mol. The monoisotopic (exact) mass is 286 g/mol. The lowest BCUT2D eigenvalue weighted by Crippen LogP contribution is -2.44. The number of hydrogen-bond donors (Lipinski definition) is 1. The van der Waals surface area contributed by atoms with Crippen LogP contribution in [0.5, 0.6) is 0 Å². The number of hydrogen-bond acceptors (Lipinski definition) is 2. The number of nitrogens with one attached hydrogen (secondary N) is 1. The van der Waals surface area contributed by atoms with E-state index in [-0.39, 0.29) is 18.9 Å². The van der Waals surface area contributed by atoms with Gasteiger partial charge in [0.25, 0.3) is 0 Å². The quantitative estimate of drug-likeness (QED) is 0.842. The molecule has 7 heteroatoms. The van der Waals surface area contributed by atoms with Gasteiger partial charge in [0.1, 0.15) is 11.9 Å². The SMILES string of the molecule is CCC1NC(=O)CCN(c2cc(F)cc(F)c2F)C1=O. The molecule has 1 unspecified atom stereocenters. The number of amides is 2. The van der Waals surface area contributed by atoms with Crippen LogP contribution in [0.15, 0.2) is 12.1 Å². The van der Waals surface area contributed by atoms with Crippen LogP contribution >= 0.6 is 0 Å². The highest BCUT2D eigenvalue weighted by molar-refractivity contribution is 6.01. The minimum Gasteiger partial charge on any atom is -0.344 e. The highest BCUT2D eigenvalue weighted by Crippen LogP contribution is 2.25. The van der Waals surface area contributed by atoms with Gasteiger partial charge in [-0.05, 0) is 6.42 Å². The molecular weight excluding hydrogens is 273 g/mol. The summed E-state index contributed by atoms with van der Waals surface area (Å²) >= 11 is 0. The van der Waals surface area contributed by atoms with Gasteiger partial charge < -0.3 is 10.2 Å². The molecule has 1 saturated heterocycles. The number of anilines is 1. The Morgan fingerprint density at radius 3 is 2.65 bits per heavy atom. The van der Waals surface area contributed by atoms with Gasteiger partial charge in [-0.1, -0.05) is 6.92 Å². The van der Waals surface area contributed by atoms with Gasteiger partial charge in [0.15, 0.2) is 11.6 Å². The van der Waals surface area contributed by atoms with E-state index in [1.165, 1.54) is 0 Å². The highest BCUT2D eigenvalue weighted by Gasteiger charge is 2.31. The van der Waals surface area contributed by atoms with Crippen molar-refractivity contribution in [2.75, 3.05) is 11.4 Å². The molecule has 1 aliphatic heterocycles. The second-order valence-electron chi connectivity index (χ2n) is 4.49. The zero-order valence-electron chi connectivity index (χ0n) is 10.8. The van der Waals surface area contributed by atoms with Crippen LogP contribution in [0, 0.1) is 17.5 Å². The minimum absolute atomic E-state index is 0.0557. The Labute approximate surface area is 113 Å². The Hall–Kier alpha value is -2.05. The lowest BCUT2D eigenvalue weighted by atomic mass is 10.2. The molecule has 1 atom stereocenters. The molecule has 20 heavy (non-hydrogen) atoms. The van der Waals surface area contributed by atoms with Crippen molar-refractivity contribution < 1.29 is 22.8 Å². The van der Waals surface area contributed by atoms with Gasteiger partial charge in [0.2, 0.25) is 11.8 Å². The van der Waals surface area contributed by atoms with Crippen molar-refractivity contribution in [1.82, 2.24) is 5.32 Å². The fraction of sp³-hybridized carbons (Fsp3) is 0.385. The van der Waals surface area contributed by atoms with Gasteiger partial charge in [0, 0.05) is 25.1 Å². The van der Waals surface area contributed by atoms with E-state index in [1.54, 1.807) is 6.92 Å². The summed E-state index contributed by atoms with van der Waals surface area (Å²) in [5.41, 5.74) is -0.484. The molecule has 0 spiro atoms. The molecule has 0 radical (unpaired) electrons. The molecule has 108 valence electrons. The molecule has 2 rings (SSSR count).